The summed E-state index contributed by atoms with van der Waals surface area (Å²) in [4.78, 5) is 22.7. The van der Waals surface area contributed by atoms with Gasteiger partial charge in [0.1, 0.15) is 6.07 Å². The van der Waals surface area contributed by atoms with Crippen LogP contribution < -0.4 is 10.2 Å². The number of aromatic nitrogens is 2. The first-order valence-corrected chi connectivity index (χ1v) is 9.11. The predicted molar refractivity (Wildman–Crippen MR) is 99.9 cm³/mol. The standard InChI is InChI=1S/C20H19N5O3/c21-11-16-20(28-19(24-16)17-4-2-10-27-17)25-8-5-15(6-9-25)18(26)23-13-14-3-1-7-22-12-14/h1-4,7,10,12,15H,5-6,8-9,13H2,(H,23,26). The minimum absolute atomic E-state index is 0.0397. The van der Waals surface area contributed by atoms with Crippen LogP contribution in [0.15, 0.2) is 51.8 Å². The van der Waals surface area contributed by atoms with Crippen LogP contribution in [-0.2, 0) is 11.3 Å². The lowest BCUT2D eigenvalue weighted by Gasteiger charge is -2.30. The van der Waals surface area contributed by atoms with Gasteiger partial charge in [-0.1, -0.05) is 6.07 Å². The van der Waals surface area contributed by atoms with Gasteiger partial charge in [-0.2, -0.15) is 10.2 Å². The molecule has 3 aromatic heterocycles. The number of nitrogens with one attached hydrogen (secondary N) is 1. The van der Waals surface area contributed by atoms with Gasteiger partial charge in [-0.3, -0.25) is 9.78 Å². The van der Waals surface area contributed by atoms with E-state index in [1.807, 2.05) is 17.0 Å². The van der Waals surface area contributed by atoms with E-state index >= 15 is 0 Å². The first kappa shape index (κ1) is 17.8. The molecule has 4 rings (SSSR count). The molecule has 1 amide bonds. The van der Waals surface area contributed by atoms with E-state index in [2.05, 4.69) is 21.4 Å². The molecule has 0 saturated carbocycles. The number of furan rings is 1. The van der Waals surface area contributed by atoms with Crippen LogP contribution in [0.2, 0.25) is 0 Å². The Kier molecular flexibility index (Phi) is 5.06. The fourth-order valence-electron chi connectivity index (χ4n) is 3.29. The highest BCUT2D eigenvalue weighted by molar-refractivity contribution is 5.79. The number of hydrogen-bond acceptors (Lipinski definition) is 7. The van der Waals surface area contributed by atoms with Gasteiger partial charge in [-0.25, -0.2) is 0 Å². The van der Waals surface area contributed by atoms with E-state index in [0.717, 1.165) is 5.56 Å². The SMILES string of the molecule is N#Cc1nc(-c2ccco2)oc1N1CCC(C(=O)NCc2cccnc2)CC1. The Hall–Kier alpha value is -3.60. The zero-order chi connectivity index (χ0) is 19.3. The summed E-state index contributed by atoms with van der Waals surface area (Å²) >= 11 is 0. The molecule has 3 aromatic rings. The van der Waals surface area contributed by atoms with Crippen LogP contribution in [0, 0.1) is 17.2 Å². The van der Waals surface area contributed by atoms with E-state index < -0.39 is 0 Å². The van der Waals surface area contributed by atoms with Crippen LogP contribution >= 0.6 is 0 Å². The highest BCUT2D eigenvalue weighted by Crippen LogP contribution is 2.31. The number of nitrogens with zero attached hydrogens (tertiary/aromatic N) is 4. The summed E-state index contributed by atoms with van der Waals surface area (Å²) in [5, 5.41) is 12.3. The summed E-state index contributed by atoms with van der Waals surface area (Å²) in [6.45, 7) is 1.71. The van der Waals surface area contributed by atoms with Crippen LogP contribution in [0.3, 0.4) is 0 Å². The fraction of sp³-hybridized carbons (Fsp3) is 0.300. The molecular weight excluding hydrogens is 358 g/mol. The Morgan fingerprint density at radius 1 is 1.32 bits per heavy atom. The average Bonchev–Trinajstić information content (AvgIpc) is 3.42. The highest BCUT2D eigenvalue weighted by Gasteiger charge is 2.29. The normalized spacial score (nSPS) is 14.6. The summed E-state index contributed by atoms with van der Waals surface area (Å²) in [5.74, 6) is 1.17. The Bertz CT molecular complexity index is 967. The molecule has 8 heteroatoms. The van der Waals surface area contributed by atoms with E-state index in [9.17, 15) is 10.1 Å². The fourth-order valence-corrected chi connectivity index (χ4v) is 3.29. The van der Waals surface area contributed by atoms with Crippen LogP contribution in [0.25, 0.3) is 11.7 Å². The molecule has 1 aliphatic heterocycles. The second-order valence-electron chi connectivity index (χ2n) is 6.60. The second kappa shape index (κ2) is 7.96. The number of amides is 1. The minimum atomic E-state index is -0.0640. The van der Waals surface area contributed by atoms with Gasteiger partial charge in [0.25, 0.3) is 5.89 Å². The van der Waals surface area contributed by atoms with Crippen molar-refractivity contribution >= 4 is 11.8 Å². The van der Waals surface area contributed by atoms with Crippen molar-refractivity contribution < 1.29 is 13.6 Å². The average molecular weight is 377 g/mol. The van der Waals surface area contributed by atoms with Gasteiger partial charge >= 0.3 is 0 Å². The van der Waals surface area contributed by atoms with Crippen molar-refractivity contribution in [2.24, 2.45) is 5.92 Å². The molecule has 0 aromatic carbocycles. The topological polar surface area (TPSA) is 108 Å². The van der Waals surface area contributed by atoms with Gasteiger partial charge < -0.3 is 19.1 Å². The quantitative estimate of drug-likeness (QED) is 0.728. The number of rotatable bonds is 5. The first-order valence-electron chi connectivity index (χ1n) is 9.11. The molecule has 0 radical (unpaired) electrons. The van der Waals surface area contributed by atoms with Crippen molar-refractivity contribution in [1.82, 2.24) is 15.3 Å². The smallest absolute Gasteiger partial charge is 0.266 e. The van der Waals surface area contributed by atoms with Crippen molar-refractivity contribution in [3.8, 4) is 17.7 Å². The Morgan fingerprint density at radius 2 is 2.18 bits per heavy atom. The molecule has 0 atom stereocenters. The lowest BCUT2D eigenvalue weighted by Crippen LogP contribution is -2.40. The van der Waals surface area contributed by atoms with Gasteiger partial charge in [0.2, 0.25) is 17.5 Å². The monoisotopic (exact) mass is 377 g/mol. The molecule has 4 heterocycles. The third-order valence-electron chi connectivity index (χ3n) is 4.79. The summed E-state index contributed by atoms with van der Waals surface area (Å²) in [7, 11) is 0. The van der Waals surface area contributed by atoms with E-state index in [0.29, 0.717) is 44.1 Å². The van der Waals surface area contributed by atoms with Crippen molar-refractivity contribution in [3.63, 3.8) is 0 Å². The van der Waals surface area contributed by atoms with Crippen molar-refractivity contribution in [1.29, 1.82) is 5.26 Å². The predicted octanol–water partition coefficient (Wildman–Crippen LogP) is 2.73. The van der Waals surface area contributed by atoms with Crippen LogP contribution in [0.4, 0.5) is 5.88 Å². The number of hydrogen-bond donors (Lipinski definition) is 1. The number of carbonyl (C=O) groups is 1. The number of piperidine rings is 1. The van der Waals surface area contributed by atoms with Crippen LogP contribution in [-0.4, -0.2) is 29.0 Å². The number of pyridine rings is 1. The van der Waals surface area contributed by atoms with Crippen molar-refractivity contribution in [2.75, 3.05) is 18.0 Å². The molecular formula is C20H19N5O3. The molecule has 142 valence electrons. The van der Waals surface area contributed by atoms with E-state index in [4.69, 9.17) is 8.83 Å². The molecule has 0 unspecified atom stereocenters. The molecule has 8 nitrogen and oxygen atoms in total. The summed E-state index contributed by atoms with van der Waals surface area (Å²) in [5.41, 5.74) is 1.20. The third kappa shape index (κ3) is 3.74. The van der Waals surface area contributed by atoms with Gasteiger partial charge in [0.15, 0.2) is 5.76 Å². The third-order valence-corrected chi connectivity index (χ3v) is 4.79. The number of nitriles is 1. The summed E-state index contributed by atoms with van der Waals surface area (Å²) in [6, 6.07) is 9.32. The lowest BCUT2D eigenvalue weighted by molar-refractivity contribution is -0.125. The van der Waals surface area contributed by atoms with Crippen LogP contribution in [0.5, 0.6) is 0 Å². The molecule has 28 heavy (non-hydrogen) atoms. The van der Waals surface area contributed by atoms with Crippen molar-refractivity contribution in [2.45, 2.75) is 19.4 Å². The second-order valence-corrected chi connectivity index (χ2v) is 6.60. The largest absolute Gasteiger partial charge is 0.459 e. The zero-order valence-corrected chi connectivity index (χ0v) is 15.2. The molecule has 0 spiro atoms. The molecule has 0 aliphatic carbocycles. The molecule has 1 aliphatic rings. The lowest BCUT2D eigenvalue weighted by atomic mass is 9.96. The Balaban J connectivity index is 1.36. The van der Waals surface area contributed by atoms with Gasteiger partial charge in [-0.05, 0) is 36.6 Å². The van der Waals surface area contributed by atoms with Gasteiger partial charge in [0, 0.05) is 37.9 Å². The first-order chi connectivity index (χ1) is 13.7. The van der Waals surface area contributed by atoms with Gasteiger partial charge in [0.05, 0.1) is 6.26 Å². The number of carbonyl (C=O) groups excluding carboxylic acids is 1. The maximum atomic E-state index is 12.4. The van der Waals surface area contributed by atoms with E-state index in [1.165, 1.54) is 6.26 Å². The Morgan fingerprint density at radius 3 is 2.86 bits per heavy atom. The molecule has 0 bridgehead atoms. The highest BCUT2D eigenvalue weighted by atomic mass is 16.4. The number of oxazole rings is 1. The molecule has 1 saturated heterocycles. The Labute approximate surface area is 161 Å². The minimum Gasteiger partial charge on any atom is -0.459 e. The molecule has 1 N–H and O–H groups in total. The summed E-state index contributed by atoms with van der Waals surface area (Å²) < 4.78 is 11.1. The van der Waals surface area contributed by atoms with Gasteiger partial charge in [-0.15, -0.1) is 0 Å². The van der Waals surface area contributed by atoms with E-state index in [-0.39, 0.29) is 23.4 Å². The maximum absolute atomic E-state index is 12.4. The number of anilines is 1. The molecule has 1 fully saturated rings. The van der Waals surface area contributed by atoms with Crippen LogP contribution in [0.1, 0.15) is 24.1 Å². The van der Waals surface area contributed by atoms with E-state index in [1.54, 1.807) is 24.5 Å². The zero-order valence-electron chi connectivity index (χ0n) is 15.2. The van der Waals surface area contributed by atoms with Crippen molar-refractivity contribution in [3.05, 3.63) is 54.2 Å². The maximum Gasteiger partial charge on any atom is 0.266 e. The summed E-state index contributed by atoms with van der Waals surface area (Å²) in [6.07, 6.45) is 6.34.